The Bertz CT molecular complexity index is 17.9. The minimum Gasteiger partial charge on any atom is -0.343 e. The molecular weight excluding hydrogens is 99.2 g/mol. The molecular formula is C5H11K. The predicted octanol–water partition coefficient (Wildman–Crippen LogP) is -1.13. The minimum absolute atomic E-state index is 0. The van der Waals surface area contributed by atoms with E-state index in [1.807, 2.05) is 0 Å². The molecule has 32 valence electrons. The van der Waals surface area contributed by atoms with Crippen molar-refractivity contribution in [3.05, 3.63) is 6.92 Å². The normalized spacial score (nSPS) is 8.00. The molecule has 0 aliphatic carbocycles. The van der Waals surface area contributed by atoms with Crippen LogP contribution in [0.15, 0.2) is 0 Å². The van der Waals surface area contributed by atoms with Gasteiger partial charge in [0.15, 0.2) is 0 Å². The first-order valence-corrected chi connectivity index (χ1v) is 2.06. The fraction of sp³-hybridized carbons (Fsp3) is 0.800. The van der Waals surface area contributed by atoms with Crippen LogP contribution in [0.3, 0.4) is 0 Å². The molecule has 0 bridgehead atoms. The van der Waals surface area contributed by atoms with E-state index in [2.05, 4.69) is 20.8 Å². The van der Waals surface area contributed by atoms with E-state index in [1.54, 1.807) is 0 Å². The SMILES string of the molecule is [CH2-]CC(C)C.[K+]. The summed E-state index contributed by atoms with van der Waals surface area (Å²) in [6.07, 6.45) is 1.06. The van der Waals surface area contributed by atoms with Gasteiger partial charge in [0, 0.05) is 0 Å². The fourth-order valence-electron chi connectivity index (χ4n) is 0. The molecule has 0 atom stereocenters. The molecule has 0 saturated heterocycles. The van der Waals surface area contributed by atoms with Crippen LogP contribution < -0.4 is 51.4 Å². The van der Waals surface area contributed by atoms with Crippen molar-refractivity contribution in [2.24, 2.45) is 5.92 Å². The van der Waals surface area contributed by atoms with Crippen molar-refractivity contribution in [1.82, 2.24) is 0 Å². The Morgan fingerprint density at radius 1 is 1.50 bits per heavy atom. The quantitative estimate of drug-likeness (QED) is 0.296. The van der Waals surface area contributed by atoms with Gasteiger partial charge >= 0.3 is 51.4 Å². The van der Waals surface area contributed by atoms with Gasteiger partial charge in [-0.1, -0.05) is 19.8 Å². The second-order valence-corrected chi connectivity index (χ2v) is 1.68. The zero-order valence-electron chi connectivity index (χ0n) is 4.99. The van der Waals surface area contributed by atoms with Crippen LogP contribution >= 0.6 is 0 Å². The minimum atomic E-state index is 0. The topological polar surface area (TPSA) is 0 Å². The van der Waals surface area contributed by atoms with Crippen molar-refractivity contribution >= 4 is 0 Å². The van der Waals surface area contributed by atoms with Gasteiger partial charge < -0.3 is 6.92 Å². The van der Waals surface area contributed by atoms with Gasteiger partial charge in [-0.15, -0.1) is 0 Å². The molecule has 0 amide bonds. The zero-order chi connectivity index (χ0) is 4.28. The summed E-state index contributed by atoms with van der Waals surface area (Å²) >= 11 is 0. The van der Waals surface area contributed by atoms with Crippen LogP contribution in [0.2, 0.25) is 0 Å². The van der Waals surface area contributed by atoms with Gasteiger partial charge in [0.25, 0.3) is 0 Å². The predicted molar refractivity (Wildman–Crippen MR) is 24.8 cm³/mol. The first-order valence-electron chi connectivity index (χ1n) is 2.06. The van der Waals surface area contributed by atoms with Crippen LogP contribution in [0.5, 0.6) is 0 Å². The van der Waals surface area contributed by atoms with Crippen molar-refractivity contribution in [3.63, 3.8) is 0 Å². The van der Waals surface area contributed by atoms with Crippen LogP contribution in [0.4, 0.5) is 0 Å². The summed E-state index contributed by atoms with van der Waals surface area (Å²) in [4.78, 5) is 0. The molecule has 0 fully saturated rings. The summed E-state index contributed by atoms with van der Waals surface area (Å²) in [5, 5.41) is 0. The number of hydrogen-bond donors (Lipinski definition) is 0. The van der Waals surface area contributed by atoms with Crippen molar-refractivity contribution in [2.75, 3.05) is 0 Å². The van der Waals surface area contributed by atoms with Crippen molar-refractivity contribution in [2.45, 2.75) is 20.3 Å². The van der Waals surface area contributed by atoms with Crippen LogP contribution in [0, 0.1) is 12.8 Å². The molecule has 0 N–H and O–H groups in total. The van der Waals surface area contributed by atoms with Gasteiger partial charge in [0.1, 0.15) is 0 Å². The Labute approximate surface area is 83.1 Å². The molecule has 0 saturated carbocycles. The molecule has 1 heteroatoms. The molecule has 0 heterocycles. The standard InChI is InChI=1S/C5H11.K/c1-4-5(2)3;/h5H,1,4H2,2-3H3;/q-1;+1. The van der Waals surface area contributed by atoms with Crippen LogP contribution in [0.25, 0.3) is 0 Å². The summed E-state index contributed by atoms with van der Waals surface area (Å²) in [6.45, 7) is 8.00. The van der Waals surface area contributed by atoms with Gasteiger partial charge in [0.05, 0.1) is 0 Å². The van der Waals surface area contributed by atoms with Gasteiger partial charge in [-0.25, -0.2) is 0 Å². The third kappa shape index (κ3) is 9.16. The van der Waals surface area contributed by atoms with Gasteiger partial charge in [-0.2, -0.15) is 6.42 Å². The molecule has 0 unspecified atom stereocenters. The third-order valence-electron chi connectivity index (χ3n) is 0.577. The Morgan fingerprint density at radius 2 is 1.67 bits per heavy atom. The van der Waals surface area contributed by atoms with E-state index >= 15 is 0 Å². The van der Waals surface area contributed by atoms with E-state index < -0.39 is 0 Å². The Morgan fingerprint density at radius 3 is 1.67 bits per heavy atom. The maximum Gasteiger partial charge on any atom is 1.00 e. The first kappa shape index (κ1) is 10.6. The van der Waals surface area contributed by atoms with Crippen LogP contribution in [-0.2, 0) is 0 Å². The molecule has 0 aromatic rings. The summed E-state index contributed by atoms with van der Waals surface area (Å²) in [7, 11) is 0. The molecule has 0 aromatic heterocycles. The van der Waals surface area contributed by atoms with Crippen LogP contribution in [-0.4, -0.2) is 0 Å². The van der Waals surface area contributed by atoms with E-state index in [0.717, 1.165) is 12.3 Å². The monoisotopic (exact) mass is 110 g/mol. The molecule has 0 aliphatic rings. The van der Waals surface area contributed by atoms with Crippen molar-refractivity contribution < 1.29 is 51.4 Å². The van der Waals surface area contributed by atoms with E-state index in [9.17, 15) is 0 Å². The Balaban J connectivity index is 0. The van der Waals surface area contributed by atoms with Gasteiger partial charge in [0.2, 0.25) is 0 Å². The van der Waals surface area contributed by atoms with E-state index in [-0.39, 0.29) is 51.4 Å². The molecule has 0 nitrogen and oxygen atoms in total. The Hall–Kier alpha value is 1.64. The average Bonchev–Trinajstić information content (AvgIpc) is 1.38. The van der Waals surface area contributed by atoms with Crippen molar-refractivity contribution in [1.29, 1.82) is 0 Å². The molecule has 0 rings (SSSR count). The van der Waals surface area contributed by atoms with Gasteiger partial charge in [-0.3, -0.25) is 0 Å². The first-order chi connectivity index (χ1) is 2.27. The third-order valence-corrected chi connectivity index (χ3v) is 0.577. The largest absolute Gasteiger partial charge is 1.00 e. The van der Waals surface area contributed by atoms with Crippen LogP contribution in [0.1, 0.15) is 20.3 Å². The smallest absolute Gasteiger partial charge is 0.343 e. The average molecular weight is 110 g/mol. The fourth-order valence-corrected chi connectivity index (χ4v) is 0. The zero-order valence-corrected chi connectivity index (χ0v) is 8.11. The Kier molecular flexibility index (Phi) is 11.7. The van der Waals surface area contributed by atoms with Crippen molar-refractivity contribution in [3.8, 4) is 0 Å². The van der Waals surface area contributed by atoms with E-state index in [4.69, 9.17) is 0 Å². The summed E-state index contributed by atoms with van der Waals surface area (Å²) in [6, 6.07) is 0. The second kappa shape index (κ2) is 6.64. The maximum absolute atomic E-state index is 3.69. The maximum atomic E-state index is 3.69. The number of hydrogen-bond acceptors (Lipinski definition) is 0. The summed E-state index contributed by atoms with van der Waals surface area (Å²) < 4.78 is 0. The molecule has 0 spiro atoms. The summed E-state index contributed by atoms with van der Waals surface area (Å²) in [5.41, 5.74) is 0. The molecule has 0 aliphatic heterocycles. The molecule has 6 heavy (non-hydrogen) atoms. The molecule has 0 aromatic carbocycles. The van der Waals surface area contributed by atoms with E-state index in [0.29, 0.717) is 0 Å². The number of rotatable bonds is 1. The second-order valence-electron chi connectivity index (χ2n) is 1.68. The van der Waals surface area contributed by atoms with E-state index in [1.165, 1.54) is 0 Å². The molecule has 0 radical (unpaired) electrons. The van der Waals surface area contributed by atoms with Gasteiger partial charge in [-0.05, 0) is 0 Å². The summed E-state index contributed by atoms with van der Waals surface area (Å²) in [5.74, 6) is 0.773.